The number of benzene rings is 2. The number of amides is 2. The molecule has 0 aliphatic heterocycles. The van der Waals surface area contributed by atoms with E-state index >= 15 is 0 Å². The van der Waals surface area contributed by atoms with Crippen molar-refractivity contribution in [3.05, 3.63) is 64.1 Å². The smallest absolute Gasteiger partial charge is 0.338 e. The number of hydrogen-bond acceptors (Lipinski definition) is 3. The molecule has 28 heavy (non-hydrogen) atoms. The first kappa shape index (κ1) is 21.2. The van der Waals surface area contributed by atoms with Crippen LogP contribution in [0.2, 0.25) is 0 Å². The Morgan fingerprint density at radius 1 is 0.964 bits per heavy atom. The Hall–Kier alpha value is -3.11. The quantitative estimate of drug-likeness (QED) is 0.510. The summed E-state index contributed by atoms with van der Waals surface area (Å²) in [4.78, 5) is 22.2. The maximum absolute atomic E-state index is 12.9. The van der Waals surface area contributed by atoms with Crippen LogP contribution in [0.25, 0.3) is 0 Å². The third-order valence-corrected chi connectivity index (χ3v) is 3.61. The van der Waals surface area contributed by atoms with Crippen molar-refractivity contribution in [2.45, 2.75) is 18.8 Å². The number of rotatable bonds is 5. The highest BCUT2D eigenvalue weighted by Gasteiger charge is 2.34. The number of anilines is 1. The number of nitroso groups, excluding NO2 is 1. The molecule has 0 atom stereocenters. The minimum Gasteiger partial charge on any atom is -0.338 e. The van der Waals surface area contributed by atoms with Crippen LogP contribution in [-0.4, -0.2) is 12.6 Å². The monoisotopic (exact) mass is 405 g/mol. The fourth-order valence-corrected chi connectivity index (χ4v) is 2.32. The molecule has 2 aromatic carbocycles. The highest BCUT2D eigenvalue weighted by molar-refractivity contribution is 5.89. The van der Waals surface area contributed by atoms with E-state index in [1.54, 1.807) is 0 Å². The molecule has 0 spiro atoms. The van der Waals surface area contributed by atoms with E-state index in [1.165, 1.54) is 12.1 Å². The minimum atomic E-state index is -4.83. The first-order valence-corrected chi connectivity index (χ1v) is 7.76. The summed E-state index contributed by atoms with van der Waals surface area (Å²) in [5, 5.41) is 6.77. The molecular weight excluding hydrogens is 392 g/mol. The average Bonchev–Trinajstić information content (AvgIpc) is 2.60. The van der Waals surface area contributed by atoms with Crippen molar-refractivity contribution in [3.63, 3.8) is 0 Å². The van der Waals surface area contributed by atoms with Crippen molar-refractivity contribution in [1.82, 2.24) is 5.32 Å². The van der Waals surface area contributed by atoms with E-state index in [-0.39, 0.29) is 18.7 Å². The second-order valence-corrected chi connectivity index (χ2v) is 5.65. The van der Waals surface area contributed by atoms with E-state index in [0.29, 0.717) is 11.6 Å². The van der Waals surface area contributed by atoms with E-state index in [0.717, 1.165) is 24.3 Å². The van der Waals surface area contributed by atoms with Gasteiger partial charge in [-0.3, -0.25) is 0 Å². The van der Waals surface area contributed by atoms with E-state index in [1.807, 2.05) is 0 Å². The van der Waals surface area contributed by atoms with Crippen LogP contribution >= 0.6 is 0 Å². The van der Waals surface area contributed by atoms with E-state index in [2.05, 4.69) is 15.8 Å². The Labute approximate surface area is 154 Å². The molecule has 0 aliphatic carbocycles. The molecule has 0 saturated heterocycles. The molecule has 11 heteroatoms. The summed E-state index contributed by atoms with van der Waals surface area (Å²) in [5.41, 5.74) is -2.84. The summed E-state index contributed by atoms with van der Waals surface area (Å²) in [6, 6.07) is 6.14. The van der Waals surface area contributed by atoms with Crippen LogP contribution in [-0.2, 0) is 18.8 Å². The van der Waals surface area contributed by atoms with Crippen LogP contribution in [0.5, 0.6) is 0 Å². The fraction of sp³-hybridized carbons (Fsp3) is 0.235. The highest BCUT2D eigenvalue weighted by atomic mass is 19.4. The van der Waals surface area contributed by atoms with Gasteiger partial charge in [0.25, 0.3) is 0 Å². The molecule has 0 fully saturated rings. The maximum atomic E-state index is 12.9. The molecule has 0 radical (unpaired) electrons. The van der Waals surface area contributed by atoms with Gasteiger partial charge >= 0.3 is 18.4 Å². The lowest BCUT2D eigenvalue weighted by atomic mass is 10.1. The SMILES string of the molecule is O=Nc1ccc(NC(=O)NCCc2cccc(C(F)(F)F)c2)cc1C(F)(F)F. The summed E-state index contributed by atoms with van der Waals surface area (Å²) in [5.74, 6) is 0. The van der Waals surface area contributed by atoms with E-state index < -0.39 is 35.2 Å². The number of carbonyl (C=O) groups is 1. The lowest BCUT2D eigenvalue weighted by Gasteiger charge is -2.12. The predicted molar refractivity (Wildman–Crippen MR) is 89.1 cm³/mol. The summed E-state index contributed by atoms with van der Waals surface area (Å²) in [6.07, 6.45) is -9.24. The molecule has 2 aromatic rings. The van der Waals surface area contributed by atoms with Crippen LogP contribution in [0.15, 0.2) is 47.6 Å². The molecule has 5 nitrogen and oxygen atoms in total. The number of halogens is 6. The van der Waals surface area contributed by atoms with Gasteiger partial charge in [0.05, 0.1) is 11.1 Å². The van der Waals surface area contributed by atoms with Gasteiger partial charge in [-0.2, -0.15) is 26.3 Å². The lowest BCUT2D eigenvalue weighted by Crippen LogP contribution is -2.30. The van der Waals surface area contributed by atoms with Crippen LogP contribution < -0.4 is 10.6 Å². The molecule has 0 aromatic heterocycles. The van der Waals surface area contributed by atoms with Gasteiger partial charge in [0.2, 0.25) is 0 Å². The Morgan fingerprint density at radius 3 is 2.29 bits per heavy atom. The van der Waals surface area contributed by atoms with Crippen LogP contribution in [0.1, 0.15) is 16.7 Å². The molecule has 0 heterocycles. The van der Waals surface area contributed by atoms with Crippen molar-refractivity contribution in [2.75, 3.05) is 11.9 Å². The number of nitrogens with one attached hydrogen (secondary N) is 2. The highest BCUT2D eigenvalue weighted by Crippen LogP contribution is 2.37. The van der Waals surface area contributed by atoms with Gasteiger partial charge < -0.3 is 10.6 Å². The molecule has 0 unspecified atom stereocenters. The summed E-state index contributed by atoms with van der Waals surface area (Å²) in [7, 11) is 0. The van der Waals surface area contributed by atoms with E-state index in [4.69, 9.17) is 0 Å². The Morgan fingerprint density at radius 2 is 1.68 bits per heavy atom. The third-order valence-electron chi connectivity index (χ3n) is 3.61. The van der Waals surface area contributed by atoms with Gasteiger partial charge in [-0.25, -0.2) is 4.79 Å². The normalized spacial score (nSPS) is 11.8. The largest absolute Gasteiger partial charge is 0.418 e. The number of urea groups is 1. The molecular formula is C17H13F6N3O2. The topological polar surface area (TPSA) is 70.6 Å². The molecule has 0 bridgehead atoms. The van der Waals surface area contributed by atoms with E-state index in [9.17, 15) is 36.0 Å². The average molecular weight is 405 g/mol. The summed E-state index contributed by atoms with van der Waals surface area (Å²) >= 11 is 0. The van der Waals surface area contributed by atoms with Gasteiger partial charge in [-0.1, -0.05) is 18.2 Å². The van der Waals surface area contributed by atoms with Crippen LogP contribution in [0.4, 0.5) is 42.5 Å². The maximum Gasteiger partial charge on any atom is 0.418 e. The van der Waals surface area contributed by atoms with Crippen molar-refractivity contribution < 1.29 is 31.1 Å². The van der Waals surface area contributed by atoms with Crippen molar-refractivity contribution in [3.8, 4) is 0 Å². The predicted octanol–water partition coefficient (Wildman–Crippen LogP) is 5.49. The van der Waals surface area contributed by atoms with Crippen LogP contribution in [0.3, 0.4) is 0 Å². The third kappa shape index (κ3) is 5.69. The van der Waals surface area contributed by atoms with Gasteiger partial charge in [-0.05, 0) is 41.4 Å². The first-order chi connectivity index (χ1) is 13.0. The standard InChI is InChI=1S/C17H13F6N3O2/c18-16(19,20)11-3-1-2-10(8-11)6-7-24-15(27)25-12-4-5-14(26-28)13(9-12)17(21,22)23/h1-5,8-9H,6-7H2,(H2,24,25,27). The van der Waals surface area contributed by atoms with Gasteiger partial charge in [0.15, 0.2) is 0 Å². The van der Waals surface area contributed by atoms with Gasteiger partial charge in [0, 0.05) is 12.2 Å². The van der Waals surface area contributed by atoms with Crippen molar-refractivity contribution >= 4 is 17.4 Å². The molecule has 2 amide bonds. The van der Waals surface area contributed by atoms with Crippen molar-refractivity contribution in [2.24, 2.45) is 5.18 Å². The second-order valence-electron chi connectivity index (χ2n) is 5.65. The van der Waals surface area contributed by atoms with Gasteiger partial charge in [0.1, 0.15) is 5.69 Å². The summed E-state index contributed by atoms with van der Waals surface area (Å²) < 4.78 is 76.5. The zero-order chi connectivity index (χ0) is 20.9. The number of hydrogen-bond donors (Lipinski definition) is 2. The molecule has 0 aliphatic rings. The number of alkyl halides is 6. The van der Waals surface area contributed by atoms with Crippen molar-refractivity contribution in [1.29, 1.82) is 0 Å². The first-order valence-electron chi connectivity index (χ1n) is 7.76. The number of nitrogens with zero attached hydrogens (tertiary/aromatic N) is 1. The Kier molecular flexibility index (Phi) is 6.26. The van der Waals surface area contributed by atoms with Gasteiger partial charge in [-0.15, -0.1) is 4.91 Å². The molecule has 2 rings (SSSR count). The molecule has 2 N–H and O–H groups in total. The fourth-order valence-electron chi connectivity index (χ4n) is 2.32. The molecule has 150 valence electrons. The number of carbonyl (C=O) groups excluding carboxylic acids is 1. The lowest BCUT2D eigenvalue weighted by molar-refractivity contribution is -0.138. The van der Waals surface area contributed by atoms with Crippen LogP contribution in [0, 0.1) is 4.91 Å². The molecule has 0 saturated carbocycles. The summed E-state index contributed by atoms with van der Waals surface area (Å²) in [6.45, 7) is -0.0484. The Bertz CT molecular complexity index is 865. The zero-order valence-electron chi connectivity index (χ0n) is 14.0. The Balaban J connectivity index is 1.96. The minimum absolute atomic E-state index is 0.0484. The second kappa shape index (κ2) is 8.28. The zero-order valence-corrected chi connectivity index (χ0v) is 14.0.